The first-order chi connectivity index (χ1) is 3.72. The minimum atomic E-state index is 0.160. The van der Waals surface area contributed by atoms with E-state index in [1.165, 1.54) is 0 Å². The van der Waals surface area contributed by atoms with Crippen molar-refractivity contribution in [2.45, 2.75) is 10.5 Å². The van der Waals surface area contributed by atoms with Crippen LogP contribution in [0.2, 0.25) is 0 Å². The zero-order valence-corrected chi connectivity index (χ0v) is 6.72. The normalized spacial score (nSPS) is 36.5. The van der Waals surface area contributed by atoms with Gasteiger partial charge in [0, 0.05) is 10.1 Å². The average Bonchev–Trinajstić information content (AvgIpc) is 1.98. The molecule has 0 saturated heterocycles. The van der Waals surface area contributed by atoms with Crippen LogP contribution in [0.5, 0.6) is 0 Å². The molecule has 0 aromatic carbocycles. The second-order valence-corrected chi connectivity index (χ2v) is 3.32. The fraction of sp³-hybridized carbons (Fsp3) is 0.400. The number of hydrogen-bond donors (Lipinski definition) is 2. The van der Waals surface area contributed by atoms with Crippen LogP contribution < -0.4 is 0 Å². The van der Waals surface area contributed by atoms with Crippen LogP contribution in [-0.2, 0) is 0 Å². The van der Waals surface area contributed by atoms with E-state index in [9.17, 15) is 0 Å². The quantitative estimate of drug-likeness (QED) is 0.402. The van der Waals surface area contributed by atoms with Gasteiger partial charge in [0.15, 0.2) is 0 Å². The Morgan fingerprint density at radius 2 is 2.12 bits per heavy atom. The van der Waals surface area contributed by atoms with Crippen molar-refractivity contribution in [3.8, 4) is 0 Å². The van der Waals surface area contributed by atoms with E-state index in [0.29, 0.717) is 0 Å². The maximum atomic E-state index is 4.91. The van der Waals surface area contributed by atoms with Crippen LogP contribution >= 0.6 is 37.5 Å². The average molecular weight is 162 g/mol. The molecule has 0 aliphatic heterocycles. The molecule has 2 atom stereocenters. The molecule has 0 aromatic heterocycles. The molecule has 0 bridgehead atoms. The molecule has 1 rings (SSSR count). The molecule has 0 heterocycles. The summed E-state index contributed by atoms with van der Waals surface area (Å²) in [4.78, 5) is 0.897. The van der Waals surface area contributed by atoms with Crippen LogP contribution in [0.1, 0.15) is 0 Å². The fourth-order valence-electron chi connectivity index (χ4n) is 0.566. The van der Waals surface area contributed by atoms with Crippen LogP contribution in [-0.4, -0.2) is 15.4 Å². The first kappa shape index (κ1) is 6.65. The van der Waals surface area contributed by atoms with Crippen molar-refractivity contribution in [1.29, 1.82) is 0 Å². The van der Waals surface area contributed by atoms with Gasteiger partial charge in [-0.1, -0.05) is 18.3 Å². The maximum absolute atomic E-state index is 4.91. The molecule has 0 spiro atoms. The lowest BCUT2D eigenvalue weighted by atomic mass is 10.3. The Morgan fingerprint density at radius 3 is 2.25 bits per heavy atom. The van der Waals surface area contributed by atoms with Crippen molar-refractivity contribution in [1.82, 2.24) is 0 Å². The van der Waals surface area contributed by atoms with Gasteiger partial charge >= 0.3 is 0 Å². The molecule has 0 nitrogen and oxygen atoms in total. The number of hydrogen-bond acceptors (Lipinski definition) is 3. The molecular formula is C5H6S3. The zero-order chi connectivity index (χ0) is 6.15. The lowest BCUT2D eigenvalue weighted by Gasteiger charge is -2.04. The molecule has 0 N–H and O–H groups in total. The predicted molar refractivity (Wildman–Crippen MR) is 47.3 cm³/mol. The number of thiocarbonyl (C=S) groups is 1. The number of thiol groups is 2. The van der Waals surface area contributed by atoms with E-state index in [4.69, 9.17) is 12.2 Å². The third-order valence-corrected chi connectivity index (χ3v) is 2.94. The highest BCUT2D eigenvalue weighted by atomic mass is 32.1. The van der Waals surface area contributed by atoms with E-state index in [0.717, 1.165) is 4.86 Å². The molecule has 0 saturated carbocycles. The van der Waals surface area contributed by atoms with Crippen LogP contribution in [0.3, 0.4) is 0 Å². The monoisotopic (exact) mass is 162 g/mol. The lowest BCUT2D eigenvalue weighted by Crippen LogP contribution is -2.13. The van der Waals surface area contributed by atoms with Gasteiger partial charge in [0.05, 0.1) is 5.25 Å². The molecular weight excluding hydrogens is 156 g/mol. The Kier molecular flexibility index (Phi) is 2.01. The molecule has 3 heteroatoms. The first-order valence-corrected chi connectivity index (χ1v) is 3.74. The van der Waals surface area contributed by atoms with E-state index in [-0.39, 0.29) is 10.5 Å². The summed E-state index contributed by atoms with van der Waals surface area (Å²) in [6.45, 7) is 0. The van der Waals surface area contributed by atoms with Crippen molar-refractivity contribution in [3.63, 3.8) is 0 Å². The lowest BCUT2D eigenvalue weighted by molar-refractivity contribution is 1.22. The van der Waals surface area contributed by atoms with Crippen LogP contribution in [0.25, 0.3) is 0 Å². The van der Waals surface area contributed by atoms with Gasteiger partial charge in [-0.2, -0.15) is 25.3 Å². The van der Waals surface area contributed by atoms with Crippen LogP contribution in [0, 0.1) is 0 Å². The molecule has 2 unspecified atom stereocenters. The highest BCUT2D eigenvalue weighted by Gasteiger charge is 2.19. The summed E-state index contributed by atoms with van der Waals surface area (Å²) < 4.78 is 0. The number of rotatable bonds is 0. The molecule has 8 heavy (non-hydrogen) atoms. The second-order valence-electron chi connectivity index (χ2n) is 1.70. The van der Waals surface area contributed by atoms with Gasteiger partial charge in [0.2, 0.25) is 0 Å². The van der Waals surface area contributed by atoms with Crippen molar-refractivity contribution in [2.75, 3.05) is 0 Å². The van der Waals surface area contributed by atoms with Crippen LogP contribution in [0.4, 0.5) is 0 Å². The summed E-state index contributed by atoms with van der Waals surface area (Å²) in [5.41, 5.74) is 0. The van der Waals surface area contributed by atoms with E-state index < -0.39 is 0 Å². The molecule has 0 aromatic rings. The fourth-order valence-corrected chi connectivity index (χ4v) is 1.32. The summed E-state index contributed by atoms with van der Waals surface area (Å²) in [6.07, 6.45) is 3.85. The molecule has 0 amide bonds. The zero-order valence-electron chi connectivity index (χ0n) is 4.11. The predicted octanol–water partition coefficient (Wildman–Crippen LogP) is 1.52. The molecule has 0 radical (unpaired) electrons. The third-order valence-electron chi connectivity index (χ3n) is 1.07. The smallest absolute Gasteiger partial charge is 0.0520 e. The van der Waals surface area contributed by atoms with Crippen molar-refractivity contribution in [3.05, 3.63) is 12.2 Å². The van der Waals surface area contributed by atoms with Gasteiger partial charge in [-0.15, -0.1) is 0 Å². The van der Waals surface area contributed by atoms with Gasteiger partial charge in [0.25, 0.3) is 0 Å². The topological polar surface area (TPSA) is 0 Å². The van der Waals surface area contributed by atoms with Gasteiger partial charge in [-0.05, 0) is 6.08 Å². The molecule has 1 aliphatic carbocycles. The Labute approximate surface area is 65.2 Å². The standard InChI is InChI=1S/C5H6S3/c6-3-1-2-4(7)5(3)8/h1-3,5-6,8H. The summed E-state index contributed by atoms with van der Waals surface area (Å²) >= 11 is 13.3. The largest absolute Gasteiger partial charge is 0.170 e. The minimum absolute atomic E-state index is 0.160. The Morgan fingerprint density at radius 1 is 1.50 bits per heavy atom. The van der Waals surface area contributed by atoms with Gasteiger partial charge in [-0.3, -0.25) is 0 Å². The van der Waals surface area contributed by atoms with Crippen molar-refractivity contribution < 1.29 is 0 Å². The highest BCUT2D eigenvalue weighted by Crippen LogP contribution is 2.19. The van der Waals surface area contributed by atoms with Gasteiger partial charge in [-0.25, -0.2) is 0 Å². The highest BCUT2D eigenvalue weighted by molar-refractivity contribution is 7.89. The second kappa shape index (κ2) is 2.42. The SMILES string of the molecule is S=C1C=CC(S)C1S. The Balaban J connectivity index is 2.69. The summed E-state index contributed by atoms with van der Waals surface area (Å²) in [7, 11) is 0. The van der Waals surface area contributed by atoms with E-state index in [1.54, 1.807) is 0 Å². The van der Waals surface area contributed by atoms with E-state index >= 15 is 0 Å². The van der Waals surface area contributed by atoms with Gasteiger partial charge in [0.1, 0.15) is 0 Å². The molecule has 44 valence electrons. The van der Waals surface area contributed by atoms with Gasteiger partial charge < -0.3 is 0 Å². The third kappa shape index (κ3) is 1.09. The molecule has 0 fully saturated rings. The summed E-state index contributed by atoms with van der Waals surface area (Å²) in [5, 5.41) is 0.388. The Hall–Kier alpha value is 0.530. The molecule has 1 aliphatic rings. The van der Waals surface area contributed by atoms with E-state index in [2.05, 4.69) is 25.3 Å². The van der Waals surface area contributed by atoms with Crippen LogP contribution in [0.15, 0.2) is 12.2 Å². The minimum Gasteiger partial charge on any atom is -0.170 e. The van der Waals surface area contributed by atoms with Crippen molar-refractivity contribution in [2.24, 2.45) is 0 Å². The maximum Gasteiger partial charge on any atom is 0.0520 e. The van der Waals surface area contributed by atoms with Crippen molar-refractivity contribution >= 4 is 42.3 Å². The Bertz CT molecular complexity index is 139. The first-order valence-electron chi connectivity index (χ1n) is 2.30. The summed E-state index contributed by atoms with van der Waals surface area (Å²) in [6, 6.07) is 0. The number of allylic oxidation sites excluding steroid dienone is 1. The summed E-state index contributed by atoms with van der Waals surface area (Å²) in [5.74, 6) is 0. The van der Waals surface area contributed by atoms with E-state index in [1.807, 2.05) is 12.2 Å².